The van der Waals surface area contributed by atoms with Crippen molar-refractivity contribution in [2.45, 2.75) is 26.2 Å². The summed E-state index contributed by atoms with van der Waals surface area (Å²) in [6.07, 6.45) is 4.43. The number of amides is 2. The van der Waals surface area contributed by atoms with Crippen molar-refractivity contribution in [3.63, 3.8) is 0 Å². The highest BCUT2D eigenvalue weighted by atomic mass is 32.1. The summed E-state index contributed by atoms with van der Waals surface area (Å²) in [7, 11) is 1.54. The van der Waals surface area contributed by atoms with Gasteiger partial charge in [0, 0.05) is 48.1 Å². The van der Waals surface area contributed by atoms with Gasteiger partial charge < -0.3 is 30.6 Å². The van der Waals surface area contributed by atoms with Crippen LogP contribution in [0.3, 0.4) is 0 Å². The van der Waals surface area contributed by atoms with Gasteiger partial charge in [0.2, 0.25) is 0 Å². The van der Waals surface area contributed by atoms with E-state index in [4.69, 9.17) is 10.5 Å². The lowest BCUT2D eigenvalue weighted by Crippen LogP contribution is -2.40. The number of carbonyl (C=O) groups excluding carboxylic acids is 2. The maximum absolute atomic E-state index is 15.8. The third-order valence-electron chi connectivity index (χ3n) is 7.99. The molecule has 1 fully saturated rings. The second-order valence-corrected chi connectivity index (χ2v) is 12.4. The zero-order chi connectivity index (χ0) is 31.0. The van der Waals surface area contributed by atoms with Crippen molar-refractivity contribution in [2.24, 2.45) is 13.0 Å². The average molecular weight is 617 g/mol. The zero-order valence-electron chi connectivity index (χ0n) is 24.5. The quantitative estimate of drug-likeness (QED) is 0.265. The second kappa shape index (κ2) is 12.2. The minimum absolute atomic E-state index is 0.0192. The van der Waals surface area contributed by atoms with Crippen molar-refractivity contribution in [3.05, 3.63) is 85.7 Å². The topological polar surface area (TPSA) is 132 Å². The molecule has 4 N–H and O–H groups in total. The molecule has 2 aliphatic rings. The lowest BCUT2D eigenvalue weighted by atomic mass is 9.90. The molecule has 10 nitrogen and oxygen atoms in total. The van der Waals surface area contributed by atoms with Gasteiger partial charge in [0.1, 0.15) is 0 Å². The number of aryl methyl sites for hydroxylation is 2. The molecule has 0 bridgehead atoms. The van der Waals surface area contributed by atoms with E-state index in [1.807, 2.05) is 6.07 Å². The Balaban J connectivity index is 1.23. The Hall–Kier alpha value is -4.55. The third kappa shape index (κ3) is 5.95. The Morgan fingerprint density at radius 3 is 2.73 bits per heavy atom. The van der Waals surface area contributed by atoms with Gasteiger partial charge in [-0.15, -0.1) is 11.3 Å². The van der Waals surface area contributed by atoms with Gasteiger partial charge in [-0.2, -0.15) is 0 Å². The van der Waals surface area contributed by atoms with Gasteiger partial charge >= 0.3 is 0 Å². The van der Waals surface area contributed by atoms with Crippen LogP contribution in [-0.4, -0.2) is 52.6 Å². The summed E-state index contributed by atoms with van der Waals surface area (Å²) in [5.74, 6) is -0.690. The van der Waals surface area contributed by atoms with Gasteiger partial charge in [0.25, 0.3) is 17.4 Å². The Bertz CT molecular complexity index is 1810. The number of carbonyl (C=O) groups is 2. The highest BCUT2D eigenvalue weighted by molar-refractivity contribution is 7.14. The van der Waals surface area contributed by atoms with Crippen molar-refractivity contribution in [3.8, 4) is 11.3 Å². The number of nitrogens with one attached hydrogen (secondary N) is 2. The monoisotopic (exact) mass is 616 g/mol. The van der Waals surface area contributed by atoms with Crippen LogP contribution in [0.1, 0.15) is 43.8 Å². The summed E-state index contributed by atoms with van der Waals surface area (Å²) in [4.78, 5) is 46.8. The first kappa shape index (κ1) is 29.5. The summed E-state index contributed by atoms with van der Waals surface area (Å²) in [5, 5.41) is 5.68. The molecule has 1 atom stereocenters. The first-order chi connectivity index (χ1) is 21.2. The number of rotatable bonds is 6. The molecule has 4 aromatic rings. The maximum atomic E-state index is 15.8. The third-order valence-corrected chi connectivity index (χ3v) is 9.23. The SMILES string of the molecule is CC1CCc2sc(C(=O)Nc3cccc(-c4cn(C)c(=O)c(Nc5ccc(C(=O)N6CCOCC6)c(N)c5)n4)c3F)cc2C1. The van der Waals surface area contributed by atoms with E-state index in [2.05, 4.69) is 22.5 Å². The van der Waals surface area contributed by atoms with E-state index in [1.165, 1.54) is 44.7 Å². The number of ether oxygens (including phenoxy) is 1. The van der Waals surface area contributed by atoms with Crippen LogP contribution in [0.25, 0.3) is 11.3 Å². The molecule has 1 saturated heterocycles. The van der Waals surface area contributed by atoms with Crippen molar-refractivity contribution >= 4 is 46.0 Å². The van der Waals surface area contributed by atoms with Crippen LogP contribution in [0.15, 0.2) is 53.5 Å². The number of hydrogen-bond donors (Lipinski definition) is 3. The number of hydrogen-bond acceptors (Lipinski definition) is 8. The Morgan fingerprint density at radius 2 is 1.95 bits per heavy atom. The molecule has 0 spiro atoms. The minimum Gasteiger partial charge on any atom is -0.398 e. The number of anilines is 4. The molecule has 1 aliphatic carbocycles. The molecule has 0 saturated carbocycles. The van der Waals surface area contributed by atoms with Crippen LogP contribution < -0.4 is 21.9 Å². The molecule has 228 valence electrons. The molecule has 2 aromatic carbocycles. The smallest absolute Gasteiger partial charge is 0.293 e. The van der Waals surface area contributed by atoms with Gasteiger partial charge in [0.05, 0.1) is 35.0 Å². The lowest BCUT2D eigenvalue weighted by Gasteiger charge is -2.27. The van der Waals surface area contributed by atoms with E-state index in [9.17, 15) is 14.4 Å². The molecule has 2 amide bonds. The summed E-state index contributed by atoms with van der Waals surface area (Å²) >= 11 is 1.46. The van der Waals surface area contributed by atoms with Crippen LogP contribution in [0.2, 0.25) is 0 Å². The number of aromatic nitrogens is 2. The van der Waals surface area contributed by atoms with E-state index in [1.54, 1.807) is 36.2 Å². The predicted molar refractivity (Wildman–Crippen MR) is 169 cm³/mol. The average Bonchev–Trinajstić information content (AvgIpc) is 3.44. The summed E-state index contributed by atoms with van der Waals surface area (Å²) < 4.78 is 22.4. The van der Waals surface area contributed by atoms with Gasteiger partial charge in [-0.25, -0.2) is 9.37 Å². The predicted octanol–water partition coefficient (Wildman–Crippen LogP) is 4.82. The first-order valence-corrected chi connectivity index (χ1v) is 15.3. The van der Waals surface area contributed by atoms with E-state index in [0.717, 1.165) is 19.3 Å². The maximum Gasteiger partial charge on any atom is 0.293 e. The fourth-order valence-electron chi connectivity index (χ4n) is 5.55. The van der Waals surface area contributed by atoms with Gasteiger partial charge in [-0.05, 0) is 67.1 Å². The number of fused-ring (bicyclic) bond motifs is 1. The molecular formula is C32H33FN6O4S. The lowest BCUT2D eigenvalue weighted by molar-refractivity contribution is 0.0303. The van der Waals surface area contributed by atoms with Crippen LogP contribution >= 0.6 is 11.3 Å². The van der Waals surface area contributed by atoms with E-state index in [0.29, 0.717) is 48.3 Å². The molecular weight excluding hydrogens is 583 g/mol. The Kier molecular flexibility index (Phi) is 8.19. The van der Waals surface area contributed by atoms with E-state index >= 15 is 4.39 Å². The fraction of sp³-hybridized carbons (Fsp3) is 0.312. The Morgan fingerprint density at radius 1 is 1.16 bits per heavy atom. The summed E-state index contributed by atoms with van der Waals surface area (Å²) in [5.41, 5.74) is 8.34. The minimum atomic E-state index is -0.664. The van der Waals surface area contributed by atoms with Gasteiger partial charge in [-0.1, -0.05) is 13.0 Å². The van der Waals surface area contributed by atoms with Crippen LogP contribution in [0.4, 0.5) is 27.3 Å². The van der Waals surface area contributed by atoms with Crippen LogP contribution in [-0.2, 0) is 24.6 Å². The highest BCUT2D eigenvalue weighted by Crippen LogP contribution is 2.33. The first-order valence-electron chi connectivity index (χ1n) is 14.5. The number of halogens is 1. The standard InChI is InChI=1S/C32H33FN6O4S/c1-18-6-9-26-19(14-18)15-27(44-26)30(40)37-24-5-3-4-22(28(24)33)25-17-38(2)32(42)29(36-25)35-20-7-8-21(23(34)16-20)31(41)39-10-12-43-13-11-39/h3-5,7-8,15-18H,6,9-14,34H2,1-2H3,(H,35,36)(H,37,40). The summed E-state index contributed by atoms with van der Waals surface area (Å²) in [6, 6.07) is 11.4. The molecule has 44 heavy (non-hydrogen) atoms. The zero-order valence-corrected chi connectivity index (χ0v) is 25.3. The van der Waals surface area contributed by atoms with E-state index < -0.39 is 11.4 Å². The fourth-order valence-corrected chi connectivity index (χ4v) is 6.66. The van der Waals surface area contributed by atoms with Crippen molar-refractivity contribution in [1.82, 2.24) is 14.5 Å². The summed E-state index contributed by atoms with van der Waals surface area (Å²) in [6.45, 7) is 4.13. The highest BCUT2D eigenvalue weighted by Gasteiger charge is 2.23. The number of nitrogens with zero attached hydrogens (tertiary/aromatic N) is 3. The molecule has 6 rings (SSSR count). The van der Waals surface area contributed by atoms with Crippen LogP contribution in [0.5, 0.6) is 0 Å². The Labute approximate surface area is 257 Å². The van der Waals surface area contributed by atoms with Crippen molar-refractivity contribution in [1.29, 1.82) is 0 Å². The second-order valence-electron chi connectivity index (χ2n) is 11.3. The number of benzene rings is 2. The number of nitrogen functional groups attached to an aromatic ring is 1. The molecule has 1 unspecified atom stereocenters. The molecule has 12 heteroatoms. The largest absolute Gasteiger partial charge is 0.398 e. The van der Waals surface area contributed by atoms with E-state index in [-0.39, 0.29) is 40.3 Å². The molecule has 2 aromatic heterocycles. The van der Waals surface area contributed by atoms with Crippen LogP contribution in [0, 0.1) is 11.7 Å². The number of thiophene rings is 1. The normalized spacial score (nSPS) is 16.3. The number of morpholine rings is 1. The van der Waals surface area contributed by atoms with Gasteiger partial charge in [0.15, 0.2) is 11.6 Å². The van der Waals surface area contributed by atoms with Gasteiger partial charge in [-0.3, -0.25) is 14.4 Å². The van der Waals surface area contributed by atoms with Crippen molar-refractivity contribution < 1.29 is 18.7 Å². The number of nitrogens with two attached hydrogens (primary N) is 1. The molecule has 3 heterocycles. The molecule has 0 radical (unpaired) electrons. The van der Waals surface area contributed by atoms with Crippen molar-refractivity contribution in [2.75, 3.05) is 42.7 Å². The molecule has 1 aliphatic heterocycles.